The highest BCUT2D eigenvalue weighted by Gasteiger charge is 2.45. The minimum Gasteiger partial charge on any atom is -0.465 e. The summed E-state index contributed by atoms with van der Waals surface area (Å²) in [6, 6.07) is -0.186. The zero-order chi connectivity index (χ0) is 12.6. The zero-order valence-corrected chi connectivity index (χ0v) is 10.4. The fraction of sp³-hybridized carbons (Fsp3) is 0.909. The van der Waals surface area contributed by atoms with Gasteiger partial charge >= 0.3 is 6.09 Å². The fourth-order valence-corrected chi connectivity index (χ4v) is 2.12. The molecule has 0 aromatic carbocycles. The molecule has 1 fully saturated rings. The maximum Gasteiger partial charge on any atom is 0.409 e. The van der Waals surface area contributed by atoms with Gasteiger partial charge in [-0.15, -0.1) is 0 Å². The van der Waals surface area contributed by atoms with Gasteiger partial charge in [-0.05, 0) is 25.7 Å². The smallest absolute Gasteiger partial charge is 0.409 e. The summed E-state index contributed by atoms with van der Waals surface area (Å²) in [6.07, 6.45) is -0.375. The quantitative estimate of drug-likeness (QED) is 0.772. The van der Waals surface area contributed by atoms with Crippen LogP contribution in [0.1, 0.15) is 34.1 Å². The van der Waals surface area contributed by atoms with Crippen LogP contribution in [0.5, 0.6) is 0 Å². The predicted octanol–water partition coefficient (Wildman–Crippen LogP) is 1.51. The van der Waals surface area contributed by atoms with Gasteiger partial charge in [-0.25, -0.2) is 4.79 Å². The van der Waals surface area contributed by atoms with Crippen molar-refractivity contribution in [3.05, 3.63) is 0 Å². The summed E-state index contributed by atoms with van der Waals surface area (Å²) in [6.45, 7) is 7.75. The first-order valence-electron chi connectivity index (χ1n) is 5.47. The van der Waals surface area contributed by atoms with E-state index in [9.17, 15) is 15.0 Å². The predicted molar refractivity (Wildman–Crippen MR) is 59.2 cm³/mol. The highest BCUT2D eigenvalue weighted by molar-refractivity contribution is 5.66. The molecule has 1 rings (SSSR count). The molecule has 1 atom stereocenters. The van der Waals surface area contributed by atoms with Crippen molar-refractivity contribution in [2.45, 2.75) is 45.9 Å². The maximum atomic E-state index is 11.2. The van der Waals surface area contributed by atoms with Crippen LogP contribution in [0.15, 0.2) is 0 Å². The number of carboxylic acid groups (broad SMARTS) is 1. The largest absolute Gasteiger partial charge is 0.465 e. The van der Waals surface area contributed by atoms with Crippen LogP contribution in [0.4, 0.5) is 4.79 Å². The zero-order valence-electron chi connectivity index (χ0n) is 10.4. The molecule has 1 heterocycles. The molecule has 0 aromatic heterocycles. The van der Waals surface area contributed by atoms with Crippen molar-refractivity contribution in [3.63, 3.8) is 0 Å². The molecule has 0 bridgehead atoms. The van der Waals surface area contributed by atoms with Crippen LogP contribution in [0.2, 0.25) is 0 Å². The van der Waals surface area contributed by atoms with E-state index in [1.807, 2.05) is 13.8 Å². The van der Waals surface area contributed by atoms with Crippen LogP contribution in [0.3, 0.4) is 0 Å². The van der Waals surface area contributed by atoms with E-state index in [0.717, 1.165) is 0 Å². The van der Waals surface area contributed by atoms with Crippen molar-refractivity contribution in [1.82, 2.24) is 4.90 Å². The highest BCUT2D eigenvalue weighted by Crippen LogP contribution is 2.33. The highest BCUT2D eigenvalue weighted by atomic mass is 16.5. The summed E-state index contributed by atoms with van der Waals surface area (Å²) in [7, 11) is 0. The Hall–Kier alpha value is -0.810. The van der Waals surface area contributed by atoms with E-state index < -0.39 is 11.8 Å². The van der Waals surface area contributed by atoms with E-state index in [1.165, 1.54) is 4.90 Å². The molecular weight excluding hydrogens is 210 g/mol. The molecule has 94 valence electrons. The molecule has 0 radical (unpaired) electrons. The molecule has 1 unspecified atom stereocenters. The van der Waals surface area contributed by atoms with Crippen LogP contribution < -0.4 is 0 Å². The second-order valence-electron chi connectivity index (χ2n) is 5.59. The van der Waals surface area contributed by atoms with Gasteiger partial charge in [0.15, 0.2) is 0 Å². The molecule has 5 heteroatoms. The van der Waals surface area contributed by atoms with E-state index in [1.54, 1.807) is 13.8 Å². The van der Waals surface area contributed by atoms with Gasteiger partial charge in [-0.3, -0.25) is 4.90 Å². The number of nitrogens with zero attached hydrogens (tertiary/aromatic N) is 1. The molecule has 0 spiro atoms. The van der Waals surface area contributed by atoms with Crippen molar-refractivity contribution in [3.8, 4) is 0 Å². The number of rotatable bonds is 3. The van der Waals surface area contributed by atoms with Gasteiger partial charge in [-0.2, -0.15) is 0 Å². The first-order valence-corrected chi connectivity index (χ1v) is 5.47. The molecule has 1 amide bonds. The first kappa shape index (κ1) is 13.3. The fourth-order valence-electron chi connectivity index (χ4n) is 2.12. The molecule has 1 aliphatic heterocycles. The van der Waals surface area contributed by atoms with Crippen LogP contribution in [-0.2, 0) is 4.74 Å². The van der Waals surface area contributed by atoms with E-state index in [-0.39, 0.29) is 18.1 Å². The van der Waals surface area contributed by atoms with E-state index in [0.29, 0.717) is 13.0 Å². The summed E-state index contributed by atoms with van der Waals surface area (Å²) in [5.74, 6) is 0. The molecule has 0 aliphatic carbocycles. The number of amides is 1. The number of hydrogen-bond acceptors (Lipinski definition) is 3. The van der Waals surface area contributed by atoms with Crippen LogP contribution in [0.25, 0.3) is 0 Å². The molecule has 0 aromatic rings. The van der Waals surface area contributed by atoms with Crippen molar-refractivity contribution < 1.29 is 19.7 Å². The number of aliphatic hydroxyl groups excluding tert-OH is 1. The lowest BCUT2D eigenvalue weighted by molar-refractivity contribution is -0.0432. The Balaban J connectivity index is 2.79. The summed E-state index contributed by atoms with van der Waals surface area (Å²) < 4.78 is 5.48. The summed E-state index contributed by atoms with van der Waals surface area (Å²) >= 11 is 0. The van der Waals surface area contributed by atoms with Crippen molar-refractivity contribution in [2.24, 2.45) is 5.41 Å². The lowest BCUT2D eigenvalue weighted by Crippen LogP contribution is -2.48. The average Bonchev–Trinajstić information content (AvgIpc) is 2.40. The summed E-state index contributed by atoms with van der Waals surface area (Å²) in [5.41, 5.74) is -1.07. The minimum atomic E-state index is -0.971. The van der Waals surface area contributed by atoms with Gasteiger partial charge in [0.25, 0.3) is 0 Å². The SMILES string of the molecule is CC(C)(CO)CC1COC(C)(C)N1C(=O)O. The normalized spacial score (nSPS) is 24.8. The second-order valence-corrected chi connectivity index (χ2v) is 5.59. The van der Waals surface area contributed by atoms with Gasteiger partial charge in [-0.1, -0.05) is 13.8 Å². The van der Waals surface area contributed by atoms with Gasteiger partial charge in [0.2, 0.25) is 0 Å². The Morgan fingerprint density at radius 3 is 2.56 bits per heavy atom. The Bertz CT molecular complexity index is 275. The van der Waals surface area contributed by atoms with E-state index >= 15 is 0 Å². The Kier molecular flexibility index (Phi) is 3.50. The third kappa shape index (κ3) is 2.65. The lowest BCUT2D eigenvalue weighted by Gasteiger charge is -2.34. The topological polar surface area (TPSA) is 70.0 Å². The third-order valence-electron chi connectivity index (χ3n) is 3.00. The van der Waals surface area contributed by atoms with Gasteiger partial charge in [0.1, 0.15) is 5.72 Å². The standard InChI is InChI=1S/C11H21NO4/c1-10(2,7-13)5-8-6-16-11(3,4)12(8)9(14)15/h8,13H,5-7H2,1-4H3,(H,14,15). The molecule has 2 N–H and O–H groups in total. The van der Waals surface area contributed by atoms with Crippen LogP contribution >= 0.6 is 0 Å². The summed E-state index contributed by atoms with van der Waals surface area (Å²) in [5, 5.41) is 18.4. The number of aliphatic hydroxyl groups is 1. The second kappa shape index (κ2) is 4.22. The third-order valence-corrected chi connectivity index (χ3v) is 3.00. The Morgan fingerprint density at radius 1 is 1.56 bits per heavy atom. The number of carbonyl (C=O) groups is 1. The van der Waals surface area contributed by atoms with Gasteiger partial charge in [0.05, 0.1) is 12.6 Å². The average molecular weight is 231 g/mol. The molecular formula is C11H21NO4. The van der Waals surface area contributed by atoms with Gasteiger partial charge in [0, 0.05) is 6.61 Å². The number of hydrogen-bond donors (Lipinski definition) is 2. The van der Waals surface area contributed by atoms with Gasteiger partial charge < -0.3 is 14.9 Å². The minimum absolute atomic E-state index is 0.0391. The molecule has 1 saturated heterocycles. The molecule has 5 nitrogen and oxygen atoms in total. The van der Waals surface area contributed by atoms with E-state index in [2.05, 4.69) is 0 Å². The van der Waals surface area contributed by atoms with Crippen LogP contribution in [-0.4, -0.2) is 46.2 Å². The maximum absolute atomic E-state index is 11.2. The first-order chi connectivity index (χ1) is 7.19. The Labute approximate surface area is 96.0 Å². The van der Waals surface area contributed by atoms with Crippen molar-refractivity contribution in [2.75, 3.05) is 13.2 Å². The molecule has 0 saturated carbocycles. The van der Waals surface area contributed by atoms with E-state index in [4.69, 9.17) is 4.74 Å². The van der Waals surface area contributed by atoms with Crippen molar-refractivity contribution >= 4 is 6.09 Å². The Morgan fingerprint density at radius 2 is 2.12 bits per heavy atom. The van der Waals surface area contributed by atoms with Crippen LogP contribution in [0, 0.1) is 5.41 Å². The molecule has 16 heavy (non-hydrogen) atoms. The van der Waals surface area contributed by atoms with Crippen molar-refractivity contribution in [1.29, 1.82) is 0 Å². The lowest BCUT2D eigenvalue weighted by atomic mass is 9.86. The molecule has 1 aliphatic rings. The summed E-state index contributed by atoms with van der Waals surface area (Å²) in [4.78, 5) is 12.5. The monoisotopic (exact) mass is 231 g/mol. The number of ether oxygens (including phenoxy) is 1.